The van der Waals surface area contributed by atoms with Gasteiger partial charge in [-0.05, 0) is 37.0 Å². The summed E-state index contributed by atoms with van der Waals surface area (Å²) in [6, 6.07) is 9.32. The topological polar surface area (TPSA) is 101 Å². The molecule has 250 valence electrons. The number of likely N-dealkylation sites (N-methyl/N-ethyl adjacent to an activating group) is 1. The van der Waals surface area contributed by atoms with E-state index in [9.17, 15) is 14.4 Å². The molecule has 3 amide bonds. The maximum Gasteiger partial charge on any atom is 0.226 e. The zero-order valence-electron chi connectivity index (χ0n) is 27.9. The normalized spacial score (nSPS) is 18.9. The molecule has 0 spiro atoms. The molecule has 7 atom stereocenters. The summed E-state index contributed by atoms with van der Waals surface area (Å²) in [5, 5.41) is 6.00. The second-order valence-corrected chi connectivity index (χ2v) is 13.9. The molecule has 1 N–H and O–H groups in total. The number of hydrogen-bond donors (Lipinski definition) is 1. The number of thiazole rings is 1. The Morgan fingerprint density at radius 2 is 1.91 bits per heavy atom. The summed E-state index contributed by atoms with van der Waals surface area (Å²) >= 11 is 3.17. The van der Waals surface area contributed by atoms with Gasteiger partial charge in [-0.2, -0.15) is 11.8 Å². The second-order valence-electron chi connectivity index (χ2n) is 12.0. The lowest BCUT2D eigenvalue weighted by molar-refractivity contribution is -0.145. The first kappa shape index (κ1) is 37.0. The minimum atomic E-state index is -0.502. The molecule has 1 aromatic carbocycles. The van der Waals surface area contributed by atoms with E-state index in [1.165, 1.54) is 11.3 Å². The fraction of sp³-hybridized carbons (Fsp3) is 0.647. The van der Waals surface area contributed by atoms with Gasteiger partial charge in [-0.3, -0.25) is 14.4 Å². The van der Waals surface area contributed by atoms with Gasteiger partial charge in [-0.15, -0.1) is 11.3 Å². The highest BCUT2D eigenvalue weighted by Crippen LogP contribution is 2.30. The fourth-order valence-electron chi connectivity index (χ4n) is 6.45. The van der Waals surface area contributed by atoms with Crippen LogP contribution in [-0.2, 0) is 30.3 Å². The molecule has 2 heterocycles. The number of aromatic nitrogens is 1. The molecule has 0 bridgehead atoms. The summed E-state index contributed by atoms with van der Waals surface area (Å²) in [6.45, 7) is 6.67. The molecule has 1 aliphatic rings. The Morgan fingerprint density at radius 3 is 2.51 bits per heavy atom. The number of nitrogens with one attached hydrogen (secondary N) is 1. The van der Waals surface area contributed by atoms with Crippen LogP contribution in [0.2, 0.25) is 0 Å². The van der Waals surface area contributed by atoms with E-state index in [1.54, 1.807) is 37.1 Å². The van der Waals surface area contributed by atoms with Crippen molar-refractivity contribution in [1.82, 2.24) is 20.1 Å². The monoisotopic (exact) mass is 660 g/mol. The van der Waals surface area contributed by atoms with Crippen molar-refractivity contribution < 1.29 is 23.9 Å². The summed E-state index contributed by atoms with van der Waals surface area (Å²) in [5.74, 6) is 0.293. The van der Waals surface area contributed by atoms with Crippen LogP contribution in [0, 0.1) is 11.8 Å². The van der Waals surface area contributed by atoms with Crippen molar-refractivity contribution >= 4 is 40.8 Å². The molecule has 0 radical (unpaired) electrons. The predicted octanol–water partition coefficient (Wildman–Crippen LogP) is 5.22. The summed E-state index contributed by atoms with van der Waals surface area (Å²) in [7, 11) is 5.06. The molecule has 3 rings (SSSR count). The van der Waals surface area contributed by atoms with Crippen molar-refractivity contribution in [2.75, 3.05) is 39.8 Å². The number of carbonyl (C=O) groups is 3. The van der Waals surface area contributed by atoms with Gasteiger partial charge in [0.1, 0.15) is 5.01 Å². The van der Waals surface area contributed by atoms with E-state index in [0.717, 1.165) is 35.6 Å². The smallest absolute Gasteiger partial charge is 0.226 e. The standard InChI is InChI=1S/C34H52N4O5S2/c1-8-23(2)31(37(4)29(39)16-19-44-7)28(42-5)22-30(40)38-18-12-15-27(38)32(43-6)24(3)33(41)36-26(34-35-17-20-45-34)21-25-13-10-9-11-14-25/h9-11,13-14,17,20,23-24,26-28,31-32H,8,12,15-16,18-19,21-22H2,1-7H3,(H,36,41). The molecule has 1 aromatic heterocycles. The van der Waals surface area contributed by atoms with E-state index in [4.69, 9.17) is 9.47 Å². The lowest BCUT2D eigenvalue weighted by Gasteiger charge is -2.39. The van der Waals surface area contributed by atoms with E-state index < -0.39 is 18.1 Å². The number of nitrogens with zero attached hydrogens (tertiary/aromatic N) is 3. The second kappa shape index (κ2) is 18.6. The van der Waals surface area contributed by atoms with Crippen LogP contribution in [0.4, 0.5) is 0 Å². The molecule has 1 aliphatic heterocycles. The number of amides is 3. The average molecular weight is 661 g/mol. The third-order valence-electron chi connectivity index (χ3n) is 9.17. The highest BCUT2D eigenvalue weighted by molar-refractivity contribution is 7.98. The van der Waals surface area contributed by atoms with Crippen LogP contribution in [0.1, 0.15) is 69.5 Å². The predicted molar refractivity (Wildman–Crippen MR) is 182 cm³/mol. The van der Waals surface area contributed by atoms with Crippen LogP contribution in [0.15, 0.2) is 41.9 Å². The van der Waals surface area contributed by atoms with E-state index in [2.05, 4.69) is 24.1 Å². The first-order valence-corrected chi connectivity index (χ1v) is 18.3. The van der Waals surface area contributed by atoms with Crippen molar-refractivity contribution in [3.63, 3.8) is 0 Å². The summed E-state index contributed by atoms with van der Waals surface area (Å²) in [4.78, 5) is 48.8. The Kier molecular flexibility index (Phi) is 15.3. The Morgan fingerprint density at radius 1 is 1.18 bits per heavy atom. The molecule has 7 unspecified atom stereocenters. The number of carbonyl (C=O) groups excluding carboxylic acids is 3. The zero-order valence-corrected chi connectivity index (χ0v) is 29.6. The molecule has 45 heavy (non-hydrogen) atoms. The van der Waals surface area contributed by atoms with Gasteiger partial charge in [0.05, 0.1) is 42.7 Å². The number of thioether (sulfide) groups is 1. The van der Waals surface area contributed by atoms with Gasteiger partial charge < -0.3 is 24.6 Å². The minimum Gasteiger partial charge on any atom is -0.379 e. The molecule has 9 nitrogen and oxygen atoms in total. The number of ether oxygens (including phenoxy) is 2. The van der Waals surface area contributed by atoms with Gasteiger partial charge in [-0.25, -0.2) is 4.98 Å². The number of methoxy groups -OCH3 is 2. The average Bonchev–Trinajstić information content (AvgIpc) is 3.77. The Bertz CT molecular complexity index is 1180. The van der Waals surface area contributed by atoms with E-state index in [0.29, 0.717) is 19.4 Å². The molecule has 11 heteroatoms. The van der Waals surface area contributed by atoms with E-state index in [-0.39, 0.29) is 48.2 Å². The van der Waals surface area contributed by atoms with Crippen molar-refractivity contribution in [2.45, 2.75) is 89.6 Å². The van der Waals surface area contributed by atoms with Crippen molar-refractivity contribution in [3.05, 3.63) is 52.5 Å². The quantitative estimate of drug-likeness (QED) is 0.234. The zero-order chi connectivity index (χ0) is 32.9. The van der Waals surface area contributed by atoms with Crippen LogP contribution in [0.5, 0.6) is 0 Å². The third-order valence-corrected chi connectivity index (χ3v) is 10.7. The van der Waals surface area contributed by atoms with Crippen LogP contribution in [0.25, 0.3) is 0 Å². The first-order chi connectivity index (χ1) is 21.7. The van der Waals surface area contributed by atoms with E-state index >= 15 is 0 Å². The largest absolute Gasteiger partial charge is 0.379 e. The Hall–Kier alpha value is -2.47. The Balaban J connectivity index is 1.73. The van der Waals surface area contributed by atoms with Crippen molar-refractivity contribution in [3.8, 4) is 0 Å². The minimum absolute atomic E-state index is 0.0398. The maximum atomic E-state index is 13.9. The van der Waals surface area contributed by atoms with Crippen LogP contribution < -0.4 is 5.32 Å². The van der Waals surface area contributed by atoms with Gasteiger partial charge in [0.15, 0.2) is 0 Å². The van der Waals surface area contributed by atoms with Crippen LogP contribution in [-0.4, -0.2) is 96.6 Å². The molecular weight excluding hydrogens is 609 g/mol. The highest BCUT2D eigenvalue weighted by Gasteiger charge is 2.42. The molecule has 0 aliphatic carbocycles. The van der Waals surface area contributed by atoms with Crippen LogP contribution in [0.3, 0.4) is 0 Å². The van der Waals surface area contributed by atoms with Crippen molar-refractivity contribution in [2.24, 2.45) is 11.8 Å². The summed E-state index contributed by atoms with van der Waals surface area (Å²) in [5.41, 5.74) is 1.11. The molecule has 1 saturated heterocycles. The lowest BCUT2D eigenvalue weighted by Crippen LogP contribution is -2.53. The molecule has 1 fully saturated rings. The molecule has 2 aromatic rings. The highest BCUT2D eigenvalue weighted by atomic mass is 32.2. The van der Waals surface area contributed by atoms with Crippen LogP contribution >= 0.6 is 23.1 Å². The van der Waals surface area contributed by atoms with Gasteiger partial charge in [-0.1, -0.05) is 57.5 Å². The first-order valence-electron chi connectivity index (χ1n) is 16.0. The number of likely N-dealkylation sites (tertiary alicyclic amines) is 1. The third kappa shape index (κ3) is 10.0. The lowest BCUT2D eigenvalue weighted by atomic mass is 9.90. The number of hydrogen-bond acceptors (Lipinski definition) is 8. The SMILES string of the molecule is CCC(C)C(C(CC(=O)N1CCCC1C(OC)C(C)C(=O)NC(Cc1ccccc1)c1nccs1)OC)N(C)C(=O)CCSC. The van der Waals surface area contributed by atoms with Gasteiger partial charge >= 0.3 is 0 Å². The maximum absolute atomic E-state index is 13.9. The molecular formula is C34H52N4O5S2. The van der Waals surface area contributed by atoms with Crippen molar-refractivity contribution in [1.29, 1.82) is 0 Å². The number of benzene rings is 1. The van der Waals surface area contributed by atoms with Gasteiger partial charge in [0.25, 0.3) is 0 Å². The summed E-state index contributed by atoms with van der Waals surface area (Å²) in [6.07, 6.45) is 6.49. The van der Waals surface area contributed by atoms with E-state index in [1.807, 2.05) is 60.8 Å². The fourth-order valence-corrected chi connectivity index (χ4v) is 7.52. The van der Waals surface area contributed by atoms with Gasteiger partial charge in [0, 0.05) is 51.6 Å². The summed E-state index contributed by atoms with van der Waals surface area (Å²) < 4.78 is 11.9. The molecule has 0 saturated carbocycles. The van der Waals surface area contributed by atoms with Gasteiger partial charge in [0.2, 0.25) is 17.7 Å². The Labute approximate surface area is 277 Å². The number of rotatable bonds is 18.